The summed E-state index contributed by atoms with van der Waals surface area (Å²) in [5.41, 5.74) is 5.68. The molecule has 2 heteroatoms. The zero-order chi connectivity index (χ0) is 6.85. The van der Waals surface area contributed by atoms with Crippen molar-refractivity contribution in [2.24, 2.45) is 11.7 Å². The van der Waals surface area contributed by atoms with Gasteiger partial charge in [0.2, 0.25) is 0 Å². The third-order valence-electron chi connectivity index (χ3n) is 2.16. The number of rotatable bonds is 0. The summed E-state index contributed by atoms with van der Waals surface area (Å²) in [6.07, 6.45) is 2.78. The summed E-state index contributed by atoms with van der Waals surface area (Å²) in [4.78, 5) is 0. The fraction of sp³-hybridized carbons (Fsp3) is 1.00. The van der Waals surface area contributed by atoms with Crippen LogP contribution in [0.3, 0.4) is 0 Å². The minimum absolute atomic E-state index is 0.0928. The van der Waals surface area contributed by atoms with E-state index in [0.717, 1.165) is 19.3 Å². The number of aliphatic hydroxyl groups is 1. The lowest BCUT2D eigenvalue weighted by atomic mass is 9.85. The molecule has 0 spiro atoms. The van der Waals surface area contributed by atoms with Gasteiger partial charge >= 0.3 is 0 Å². The first-order valence-electron chi connectivity index (χ1n) is 3.64. The van der Waals surface area contributed by atoms with E-state index in [1.807, 2.05) is 0 Å². The summed E-state index contributed by atoms with van der Waals surface area (Å²) < 4.78 is 0. The predicted octanol–water partition coefficient (Wildman–Crippen LogP) is 0.495. The van der Waals surface area contributed by atoms with Crippen LogP contribution < -0.4 is 5.73 Å². The minimum atomic E-state index is -0.0928. The largest absolute Gasteiger partial charge is 0.393 e. The zero-order valence-corrected chi connectivity index (χ0v) is 5.88. The van der Waals surface area contributed by atoms with E-state index in [-0.39, 0.29) is 6.10 Å². The van der Waals surface area contributed by atoms with Crippen molar-refractivity contribution in [3.05, 3.63) is 0 Å². The molecule has 0 saturated heterocycles. The van der Waals surface area contributed by atoms with Crippen LogP contribution in [-0.4, -0.2) is 17.3 Å². The van der Waals surface area contributed by atoms with E-state index in [1.165, 1.54) is 0 Å². The monoisotopic (exact) mass is 129 g/mol. The minimum Gasteiger partial charge on any atom is -0.393 e. The molecular formula is C7H15NO. The highest BCUT2D eigenvalue weighted by Gasteiger charge is 2.22. The molecule has 0 aromatic rings. The Labute approximate surface area is 56.1 Å². The van der Waals surface area contributed by atoms with Crippen LogP contribution in [0.1, 0.15) is 26.2 Å². The molecule has 1 rings (SSSR count). The number of hydrogen-bond donors (Lipinski definition) is 2. The SMILES string of the molecule is C[C@H]1C[C@H](N)CC[C@@H]1O. The van der Waals surface area contributed by atoms with Crippen LogP contribution in [0.5, 0.6) is 0 Å². The standard InChI is InChI=1S/C7H15NO/c1-5-4-6(8)2-3-7(5)9/h5-7,9H,2-4,8H2,1H3/t5-,6+,7-/m0/s1. The Morgan fingerprint density at radius 3 is 2.56 bits per heavy atom. The molecule has 0 amide bonds. The molecule has 9 heavy (non-hydrogen) atoms. The Morgan fingerprint density at radius 2 is 2.11 bits per heavy atom. The van der Waals surface area contributed by atoms with E-state index >= 15 is 0 Å². The molecule has 1 saturated carbocycles. The highest BCUT2D eigenvalue weighted by molar-refractivity contribution is 4.78. The van der Waals surface area contributed by atoms with Crippen molar-refractivity contribution in [3.8, 4) is 0 Å². The maximum Gasteiger partial charge on any atom is 0.0566 e. The van der Waals surface area contributed by atoms with Crippen LogP contribution in [0.2, 0.25) is 0 Å². The van der Waals surface area contributed by atoms with Gasteiger partial charge in [-0.25, -0.2) is 0 Å². The molecule has 1 aliphatic rings. The first-order valence-corrected chi connectivity index (χ1v) is 3.64. The van der Waals surface area contributed by atoms with Crippen molar-refractivity contribution >= 4 is 0 Å². The Bertz CT molecular complexity index is 94.9. The van der Waals surface area contributed by atoms with Gasteiger partial charge in [-0.2, -0.15) is 0 Å². The van der Waals surface area contributed by atoms with Gasteiger partial charge in [0.25, 0.3) is 0 Å². The molecule has 0 heterocycles. The highest BCUT2D eigenvalue weighted by atomic mass is 16.3. The van der Waals surface area contributed by atoms with Crippen LogP contribution in [0.4, 0.5) is 0 Å². The van der Waals surface area contributed by atoms with Crippen LogP contribution in [0, 0.1) is 5.92 Å². The molecule has 3 atom stereocenters. The fourth-order valence-electron chi connectivity index (χ4n) is 1.42. The summed E-state index contributed by atoms with van der Waals surface area (Å²) in [6, 6.07) is 0.336. The van der Waals surface area contributed by atoms with Gasteiger partial charge in [0, 0.05) is 6.04 Å². The van der Waals surface area contributed by atoms with Crippen LogP contribution in [0.25, 0.3) is 0 Å². The fourth-order valence-corrected chi connectivity index (χ4v) is 1.42. The van der Waals surface area contributed by atoms with Gasteiger partial charge in [0.15, 0.2) is 0 Å². The van der Waals surface area contributed by atoms with Gasteiger partial charge in [-0.3, -0.25) is 0 Å². The molecule has 54 valence electrons. The molecule has 0 aliphatic heterocycles. The first-order chi connectivity index (χ1) is 4.20. The van der Waals surface area contributed by atoms with Crippen molar-refractivity contribution in [3.63, 3.8) is 0 Å². The Kier molecular flexibility index (Phi) is 2.09. The van der Waals surface area contributed by atoms with E-state index in [0.29, 0.717) is 12.0 Å². The average molecular weight is 129 g/mol. The van der Waals surface area contributed by atoms with Gasteiger partial charge in [0.05, 0.1) is 6.10 Å². The van der Waals surface area contributed by atoms with Crippen molar-refractivity contribution in [2.75, 3.05) is 0 Å². The molecular weight excluding hydrogens is 114 g/mol. The second kappa shape index (κ2) is 2.67. The molecule has 0 bridgehead atoms. The maximum atomic E-state index is 9.24. The molecule has 0 aromatic heterocycles. The third-order valence-corrected chi connectivity index (χ3v) is 2.16. The molecule has 0 unspecified atom stereocenters. The van der Waals surface area contributed by atoms with Gasteiger partial charge in [-0.1, -0.05) is 6.92 Å². The van der Waals surface area contributed by atoms with Gasteiger partial charge in [-0.05, 0) is 25.2 Å². The summed E-state index contributed by atoms with van der Waals surface area (Å²) in [5.74, 6) is 0.411. The first kappa shape index (κ1) is 7.03. The molecule has 0 radical (unpaired) electrons. The lowest BCUT2D eigenvalue weighted by molar-refractivity contribution is 0.0721. The zero-order valence-electron chi connectivity index (χ0n) is 5.88. The second-order valence-electron chi connectivity index (χ2n) is 3.12. The summed E-state index contributed by atoms with van der Waals surface area (Å²) in [6.45, 7) is 2.06. The van der Waals surface area contributed by atoms with E-state index in [2.05, 4.69) is 6.92 Å². The predicted molar refractivity (Wildman–Crippen MR) is 37.0 cm³/mol. The molecule has 1 aliphatic carbocycles. The quantitative estimate of drug-likeness (QED) is 0.500. The van der Waals surface area contributed by atoms with Gasteiger partial charge < -0.3 is 10.8 Å². The summed E-state index contributed by atoms with van der Waals surface area (Å²) in [5, 5.41) is 9.24. The average Bonchev–Trinajstić information content (AvgIpc) is 1.80. The Hall–Kier alpha value is -0.0800. The number of hydrogen-bond acceptors (Lipinski definition) is 2. The Morgan fingerprint density at radius 1 is 1.44 bits per heavy atom. The van der Waals surface area contributed by atoms with Crippen molar-refractivity contribution in [1.82, 2.24) is 0 Å². The van der Waals surface area contributed by atoms with Crippen molar-refractivity contribution < 1.29 is 5.11 Å². The van der Waals surface area contributed by atoms with Crippen LogP contribution in [0.15, 0.2) is 0 Å². The summed E-state index contributed by atoms with van der Waals surface area (Å²) in [7, 11) is 0. The Balaban J connectivity index is 2.35. The molecule has 0 aromatic carbocycles. The second-order valence-corrected chi connectivity index (χ2v) is 3.12. The van der Waals surface area contributed by atoms with Gasteiger partial charge in [-0.15, -0.1) is 0 Å². The van der Waals surface area contributed by atoms with E-state index in [1.54, 1.807) is 0 Å². The van der Waals surface area contributed by atoms with Crippen molar-refractivity contribution in [2.45, 2.75) is 38.3 Å². The number of nitrogens with two attached hydrogens (primary N) is 1. The van der Waals surface area contributed by atoms with Crippen molar-refractivity contribution in [1.29, 1.82) is 0 Å². The summed E-state index contributed by atoms with van der Waals surface area (Å²) >= 11 is 0. The number of aliphatic hydroxyl groups excluding tert-OH is 1. The van der Waals surface area contributed by atoms with E-state index in [9.17, 15) is 5.11 Å². The topological polar surface area (TPSA) is 46.2 Å². The lowest BCUT2D eigenvalue weighted by Gasteiger charge is -2.28. The van der Waals surface area contributed by atoms with E-state index < -0.39 is 0 Å². The molecule has 1 fully saturated rings. The molecule has 2 nitrogen and oxygen atoms in total. The van der Waals surface area contributed by atoms with E-state index in [4.69, 9.17) is 5.73 Å². The van der Waals surface area contributed by atoms with Gasteiger partial charge in [0.1, 0.15) is 0 Å². The van der Waals surface area contributed by atoms with Crippen LogP contribution >= 0.6 is 0 Å². The normalized spacial score (nSPS) is 45.0. The lowest BCUT2D eigenvalue weighted by Crippen LogP contribution is -2.34. The maximum absolute atomic E-state index is 9.24. The highest BCUT2D eigenvalue weighted by Crippen LogP contribution is 2.22. The smallest absolute Gasteiger partial charge is 0.0566 e. The molecule has 3 N–H and O–H groups in total. The van der Waals surface area contributed by atoms with Crippen LogP contribution in [-0.2, 0) is 0 Å². The third kappa shape index (κ3) is 1.66.